The van der Waals surface area contributed by atoms with Gasteiger partial charge < -0.3 is 14.1 Å². The maximum Gasteiger partial charge on any atom is 0.260 e. The Morgan fingerprint density at radius 1 is 1.32 bits per heavy atom. The number of amides is 1. The Bertz CT molecular complexity index is 461. The van der Waals surface area contributed by atoms with E-state index in [-0.39, 0.29) is 23.7 Å². The van der Waals surface area contributed by atoms with E-state index in [2.05, 4.69) is 0 Å². The lowest BCUT2D eigenvalue weighted by atomic mass is 10.3. The van der Waals surface area contributed by atoms with Crippen LogP contribution in [-0.4, -0.2) is 30.5 Å². The zero-order valence-electron chi connectivity index (χ0n) is 11.8. The Morgan fingerprint density at radius 3 is 2.47 bits per heavy atom. The van der Waals surface area contributed by atoms with Crippen LogP contribution < -0.4 is 10.2 Å². The first-order valence-electron chi connectivity index (χ1n) is 6.59. The molecule has 0 aromatic carbocycles. The summed E-state index contributed by atoms with van der Waals surface area (Å²) in [5.74, 6) is 0.396. The first-order chi connectivity index (χ1) is 9.10. The van der Waals surface area contributed by atoms with E-state index < -0.39 is 0 Å². The van der Waals surface area contributed by atoms with Gasteiger partial charge in [-0.1, -0.05) is 13.8 Å². The van der Waals surface area contributed by atoms with Gasteiger partial charge in [0.05, 0.1) is 6.26 Å². The third-order valence-corrected chi connectivity index (χ3v) is 2.69. The molecule has 0 atom stereocenters. The van der Waals surface area contributed by atoms with Gasteiger partial charge in [0.15, 0.2) is 6.61 Å². The summed E-state index contributed by atoms with van der Waals surface area (Å²) in [5, 5.41) is 0. The average Bonchev–Trinajstić information content (AvgIpc) is 2.37. The number of nitrogens with zero attached hydrogens (tertiary/aromatic N) is 1. The van der Waals surface area contributed by atoms with Crippen LogP contribution in [-0.2, 0) is 4.79 Å². The fourth-order valence-corrected chi connectivity index (χ4v) is 1.80. The summed E-state index contributed by atoms with van der Waals surface area (Å²) < 4.78 is 10.4. The molecule has 1 aromatic heterocycles. The van der Waals surface area contributed by atoms with Gasteiger partial charge in [-0.3, -0.25) is 9.59 Å². The van der Waals surface area contributed by atoms with Crippen LogP contribution in [0.5, 0.6) is 5.75 Å². The molecule has 5 nitrogen and oxygen atoms in total. The lowest BCUT2D eigenvalue weighted by Gasteiger charge is -2.21. The van der Waals surface area contributed by atoms with E-state index >= 15 is 0 Å². The first-order valence-corrected chi connectivity index (χ1v) is 6.59. The van der Waals surface area contributed by atoms with Crippen LogP contribution in [0, 0.1) is 6.92 Å². The number of rotatable bonds is 7. The van der Waals surface area contributed by atoms with E-state index in [1.54, 1.807) is 11.8 Å². The molecule has 0 aliphatic rings. The van der Waals surface area contributed by atoms with E-state index in [1.807, 2.05) is 13.8 Å². The summed E-state index contributed by atoms with van der Waals surface area (Å²) in [7, 11) is 0. The molecule has 1 amide bonds. The molecule has 1 rings (SSSR count). The molecular weight excluding hydrogens is 246 g/mol. The zero-order valence-corrected chi connectivity index (χ0v) is 11.8. The second-order valence-corrected chi connectivity index (χ2v) is 4.34. The van der Waals surface area contributed by atoms with E-state index in [4.69, 9.17) is 9.15 Å². The molecule has 0 aliphatic carbocycles. The predicted octanol–water partition coefficient (Wildman–Crippen LogP) is 1.98. The molecule has 19 heavy (non-hydrogen) atoms. The van der Waals surface area contributed by atoms with E-state index in [0.29, 0.717) is 18.8 Å². The van der Waals surface area contributed by atoms with E-state index in [1.165, 1.54) is 12.3 Å². The first kappa shape index (κ1) is 15.3. The largest absolute Gasteiger partial charge is 0.476 e. The number of aryl methyl sites for hydroxylation is 1. The summed E-state index contributed by atoms with van der Waals surface area (Å²) >= 11 is 0. The van der Waals surface area contributed by atoms with Gasteiger partial charge in [0, 0.05) is 19.2 Å². The van der Waals surface area contributed by atoms with Crippen LogP contribution in [0.15, 0.2) is 21.5 Å². The van der Waals surface area contributed by atoms with Crippen molar-refractivity contribution < 1.29 is 13.9 Å². The summed E-state index contributed by atoms with van der Waals surface area (Å²) in [4.78, 5) is 25.3. The van der Waals surface area contributed by atoms with Crippen molar-refractivity contribution in [3.05, 3.63) is 28.3 Å². The summed E-state index contributed by atoms with van der Waals surface area (Å²) in [6.07, 6.45) is 3.11. The molecule has 0 spiro atoms. The minimum Gasteiger partial charge on any atom is -0.476 e. The number of carbonyl (C=O) groups excluding carboxylic acids is 1. The molecule has 1 heterocycles. The number of hydrogen-bond acceptors (Lipinski definition) is 4. The van der Waals surface area contributed by atoms with Crippen molar-refractivity contribution >= 4 is 5.91 Å². The number of hydrogen-bond donors (Lipinski definition) is 0. The maximum absolute atomic E-state index is 12.0. The molecule has 106 valence electrons. The summed E-state index contributed by atoms with van der Waals surface area (Å²) in [5.41, 5.74) is -0.269. The fraction of sp³-hybridized carbons (Fsp3) is 0.571. The highest BCUT2D eigenvalue weighted by molar-refractivity contribution is 5.77. The Morgan fingerprint density at radius 2 is 1.95 bits per heavy atom. The molecule has 0 saturated heterocycles. The molecule has 0 N–H and O–H groups in total. The van der Waals surface area contributed by atoms with Crippen molar-refractivity contribution in [2.75, 3.05) is 19.7 Å². The summed E-state index contributed by atoms with van der Waals surface area (Å²) in [6.45, 7) is 6.96. The molecular formula is C14H21NO4. The maximum atomic E-state index is 12.0. The molecule has 5 heteroatoms. The second kappa shape index (κ2) is 7.61. The highest BCUT2D eigenvalue weighted by Gasteiger charge is 2.14. The van der Waals surface area contributed by atoms with E-state index in [0.717, 1.165) is 12.8 Å². The van der Waals surface area contributed by atoms with Crippen LogP contribution in [0.2, 0.25) is 0 Å². The minimum atomic E-state index is -0.269. The Balaban J connectivity index is 2.64. The third-order valence-electron chi connectivity index (χ3n) is 2.69. The third kappa shape index (κ3) is 4.43. The molecule has 0 bridgehead atoms. The molecule has 0 radical (unpaired) electrons. The normalized spacial score (nSPS) is 10.3. The van der Waals surface area contributed by atoms with Gasteiger partial charge in [0.25, 0.3) is 5.91 Å². The number of carbonyl (C=O) groups is 1. The zero-order chi connectivity index (χ0) is 14.3. The molecule has 0 saturated carbocycles. The molecule has 0 aliphatic heterocycles. The van der Waals surface area contributed by atoms with Gasteiger partial charge in [-0.15, -0.1) is 0 Å². The lowest BCUT2D eigenvalue weighted by Crippen LogP contribution is -2.36. The Kier molecular flexibility index (Phi) is 6.12. The molecule has 0 fully saturated rings. The van der Waals surface area contributed by atoms with Crippen LogP contribution in [0.25, 0.3) is 0 Å². The van der Waals surface area contributed by atoms with Gasteiger partial charge in [-0.2, -0.15) is 0 Å². The number of ether oxygens (including phenoxy) is 1. The smallest absolute Gasteiger partial charge is 0.260 e. The highest BCUT2D eigenvalue weighted by Crippen LogP contribution is 2.10. The van der Waals surface area contributed by atoms with Crippen LogP contribution in [0.4, 0.5) is 0 Å². The second-order valence-electron chi connectivity index (χ2n) is 4.34. The minimum absolute atomic E-state index is 0.105. The van der Waals surface area contributed by atoms with Crippen molar-refractivity contribution in [3.8, 4) is 5.75 Å². The molecule has 1 aromatic rings. The monoisotopic (exact) mass is 267 g/mol. The van der Waals surface area contributed by atoms with Gasteiger partial charge in [-0.05, 0) is 19.8 Å². The highest BCUT2D eigenvalue weighted by atomic mass is 16.5. The fourth-order valence-electron chi connectivity index (χ4n) is 1.80. The van der Waals surface area contributed by atoms with Gasteiger partial charge >= 0.3 is 0 Å². The Hall–Kier alpha value is -1.78. The molecule has 0 unspecified atom stereocenters. The SMILES string of the molecule is CCCN(CCC)C(=O)COc1c(C)occc1=O. The van der Waals surface area contributed by atoms with Crippen molar-refractivity contribution in [1.82, 2.24) is 4.90 Å². The van der Waals surface area contributed by atoms with Gasteiger partial charge in [0.1, 0.15) is 5.76 Å². The van der Waals surface area contributed by atoms with Crippen molar-refractivity contribution in [1.29, 1.82) is 0 Å². The van der Waals surface area contributed by atoms with Crippen molar-refractivity contribution in [3.63, 3.8) is 0 Å². The lowest BCUT2D eigenvalue weighted by molar-refractivity contribution is -0.133. The Labute approximate surface area is 113 Å². The van der Waals surface area contributed by atoms with Crippen LogP contribution >= 0.6 is 0 Å². The quantitative estimate of drug-likeness (QED) is 0.758. The van der Waals surface area contributed by atoms with Crippen molar-refractivity contribution in [2.24, 2.45) is 0 Å². The predicted molar refractivity (Wildman–Crippen MR) is 72.4 cm³/mol. The standard InChI is InChI=1S/C14H21NO4/c1-4-7-15(8-5-2)13(17)10-19-14-11(3)18-9-6-12(14)16/h6,9H,4-5,7-8,10H2,1-3H3. The summed E-state index contributed by atoms with van der Waals surface area (Å²) in [6, 6.07) is 1.28. The van der Waals surface area contributed by atoms with Crippen molar-refractivity contribution in [2.45, 2.75) is 33.6 Å². The van der Waals surface area contributed by atoms with Crippen LogP contribution in [0.3, 0.4) is 0 Å². The van der Waals surface area contributed by atoms with E-state index in [9.17, 15) is 9.59 Å². The topological polar surface area (TPSA) is 59.8 Å². The average molecular weight is 267 g/mol. The van der Waals surface area contributed by atoms with Gasteiger partial charge in [0.2, 0.25) is 11.2 Å². The van der Waals surface area contributed by atoms with Gasteiger partial charge in [-0.25, -0.2) is 0 Å². The van der Waals surface area contributed by atoms with Crippen LogP contribution in [0.1, 0.15) is 32.4 Å².